The van der Waals surface area contributed by atoms with E-state index in [9.17, 15) is 18.0 Å². The van der Waals surface area contributed by atoms with Crippen molar-refractivity contribution in [3.8, 4) is 5.75 Å². The number of carbonyl (C=O) groups is 1. The Kier molecular flexibility index (Phi) is 3.27. The van der Waals surface area contributed by atoms with Gasteiger partial charge in [0.25, 0.3) is 0 Å². The van der Waals surface area contributed by atoms with E-state index in [1.54, 1.807) is 6.08 Å². The van der Waals surface area contributed by atoms with Gasteiger partial charge >= 0.3 is 6.36 Å². The lowest BCUT2D eigenvalue weighted by Crippen LogP contribution is -2.17. The number of benzene rings is 1. The Morgan fingerprint density at radius 1 is 1.22 bits per heavy atom. The van der Waals surface area contributed by atoms with Crippen molar-refractivity contribution in [1.82, 2.24) is 0 Å². The van der Waals surface area contributed by atoms with Crippen LogP contribution in [0.3, 0.4) is 0 Å². The molecule has 1 aromatic rings. The second-order valence-corrected chi connectivity index (χ2v) is 3.61. The van der Waals surface area contributed by atoms with Crippen LogP contribution in [0.15, 0.2) is 36.1 Å². The van der Waals surface area contributed by atoms with Crippen LogP contribution < -0.4 is 4.74 Å². The Bertz CT molecular complexity index is 474. The Labute approximate surface area is 101 Å². The van der Waals surface area contributed by atoms with E-state index in [0.717, 1.165) is 12.1 Å². The molecule has 18 heavy (non-hydrogen) atoms. The number of rotatable bonds is 3. The standard InChI is InChI=1S/C12H9F3O3/c13-12(14,15)18-9-5-3-8(4-6-9)11(16)10-2-1-7-17-10/h2-6H,1,7H2. The van der Waals surface area contributed by atoms with Gasteiger partial charge in [-0.3, -0.25) is 4.79 Å². The van der Waals surface area contributed by atoms with E-state index in [4.69, 9.17) is 4.74 Å². The first kappa shape index (κ1) is 12.5. The highest BCUT2D eigenvalue weighted by Crippen LogP contribution is 2.24. The molecule has 0 aromatic heterocycles. The van der Waals surface area contributed by atoms with Crippen molar-refractivity contribution in [2.75, 3.05) is 6.61 Å². The van der Waals surface area contributed by atoms with Crippen molar-refractivity contribution in [3.05, 3.63) is 41.7 Å². The molecule has 1 heterocycles. The first-order valence-corrected chi connectivity index (χ1v) is 5.19. The number of carbonyl (C=O) groups excluding carboxylic acids is 1. The van der Waals surface area contributed by atoms with Gasteiger partial charge in [0.2, 0.25) is 5.78 Å². The van der Waals surface area contributed by atoms with Crippen molar-refractivity contribution in [2.24, 2.45) is 0 Å². The first-order chi connectivity index (χ1) is 8.46. The molecule has 0 unspecified atom stereocenters. The van der Waals surface area contributed by atoms with Crippen molar-refractivity contribution in [1.29, 1.82) is 0 Å². The van der Waals surface area contributed by atoms with Gasteiger partial charge < -0.3 is 9.47 Å². The molecule has 0 atom stereocenters. The topological polar surface area (TPSA) is 35.5 Å². The summed E-state index contributed by atoms with van der Waals surface area (Å²) in [6.07, 6.45) is -2.42. The summed E-state index contributed by atoms with van der Waals surface area (Å²) in [6, 6.07) is 4.73. The molecular weight excluding hydrogens is 249 g/mol. The fourth-order valence-corrected chi connectivity index (χ4v) is 1.53. The Morgan fingerprint density at radius 3 is 2.39 bits per heavy atom. The average Bonchev–Trinajstić information content (AvgIpc) is 2.80. The number of Topliss-reactive ketones (excluding diaryl/α,β-unsaturated/α-hetero) is 1. The molecule has 0 amide bonds. The Hall–Kier alpha value is -1.98. The predicted molar refractivity (Wildman–Crippen MR) is 56.1 cm³/mol. The number of ether oxygens (including phenoxy) is 2. The molecule has 1 aliphatic rings. The minimum atomic E-state index is -4.73. The van der Waals surface area contributed by atoms with Crippen molar-refractivity contribution in [2.45, 2.75) is 12.8 Å². The maximum absolute atomic E-state index is 11.9. The molecule has 0 radical (unpaired) electrons. The third kappa shape index (κ3) is 3.03. The maximum atomic E-state index is 11.9. The molecule has 0 saturated heterocycles. The summed E-state index contributed by atoms with van der Waals surface area (Å²) in [7, 11) is 0. The van der Waals surface area contributed by atoms with Crippen molar-refractivity contribution < 1.29 is 27.4 Å². The predicted octanol–water partition coefficient (Wildman–Crippen LogP) is 3.07. The molecule has 0 aliphatic carbocycles. The van der Waals surface area contributed by atoms with Crippen LogP contribution in [0.4, 0.5) is 13.2 Å². The normalized spacial score (nSPS) is 14.9. The minimum absolute atomic E-state index is 0.236. The third-order valence-corrected chi connectivity index (χ3v) is 2.28. The van der Waals surface area contributed by atoms with Crippen LogP contribution in [0, 0.1) is 0 Å². The molecule has 0 bridgehead atoms. The van der Waals surface area contributed by atoms with E-state index in [1.165, 1.54) is 12.1 Å². The molecule has 1 aliphatic heterocycles. The fraction of sp³-hybridized carbons (Fsp3) is 0.250. The van der Waals surface area contributed by atoms with Crippen molar-refractivity contribution >= 4 is 5.78 Å². The molecule has 0 saturated carbocycles. The second kappa shape index (κ2) is 4.72. The van der Waals surface area contributed by atoms with Crippen LogP contribution in [0.25, 0.3) is 0 Å². The summed E-state index contributed by atoms with van der Waals surface area (Å²) in [5.74, 6) is -0.467. The number of hydrogen-bond donors (Lipinski definition) is 0. The van der Waals surface area contributed by atoms with Crippen LogP contribution in [-0.2, 0) is 4.74 Å². The highest BCUT2D eigenvalue weighted by Gasteiger charge is 2.31. The van der Waals surface area contributed by atoms with Gasteiger partial charge in [-0.05, 0) is 30.3 Å². The minimum Gasteiger partial charge on any atom is -0.489 e. The van der Waals surface area contributed by atoms with E-state index in [1.807, 2.05) is 0 Å². The van der Waals surface area contributed by atoms with Gasteiger partial charge in [0.05, 0.1) is 6.61 Å². The van der Waals surface area contributed by atoms with E-state index in [2.05, 4.69) is 4.74 Å². The zero-order valence-electron chi connectivity index (χ0n) is 9.16. The third-order valence-electron chi connectivity index (χ3n) is 2.28. The smallest absolute Gasteiger partial charge is 0.489 e. The summed E-state index contributed by atoms with van der Waals surface area (Å²) < 4.78 is 44.6. The zero-order chi connectivity index (χ0) is 13.2. The number of ketones is 1. The van der Waals surface area contributed by atoms with Gasteiger partial charge in [-0.1, -0.05) is 0 Å². The van der Waals surface area contributed by atoms with Crippen LogP contribution >= 0.6 is 0 Å². The lowest BCUT2D eigenvalue weighted by atomic mass is 10.1. The molecule has 0 N–H and O–H groups in total. The fourth-order valence-electron chi connectivity index (χ4n) is 1.53. The van der Waals surface area contributed by atoms with Crippen LogP contribution in [0.2, 0.25) is 0 Å². The van der Waals surface area contributed by atoms with Crippen LogP contribution in [0.1, 0.15) is 16.8 Å². The van der Waals surface area contributed by atoms with E-state index in [0.29, 0.717) is 13.0 Å². The summed E-state index contributed by atoms with van der Waals surface area (Å²) in [4.78, 5) is 11.8. The SMILES string of the molecule is O=C(C1=CCCO1)c1ccc(OC(F)(F)F)cc1. The summed E-state index contributed by atoms with van der Waals surface area (Å²) in [5, 5.41) is 0. The zero-order valence-corrected chi connectivity index (χ0v) is 9.16. The molecule has 96 valence electrons. The van der Waals surface area contributed by atoms with Crippen molar-refractivity contribution in [3.63, 3.8) is 0 Å². The highest BCUT2D eigenvalue weighted by molar-refractivity contribution is 6.07. The number of allylic oxidation sites excluding steroid dienone is 1. The molecule has 0 spiro atoms. The van der Waals surface area contributed by atoms with E-state index < -0.39 is 6.36 Å². The van der Waals surface area contributed by atoms with Crippen LogP contribution in [-0.4, -0.2) is 18.8 Å². The van der Waals surface area contributed by atoms with Gasteiger partial charge in [0, 0.05) is 12.0 Å². The van der Waals surface area contributed by atoms with Gasteiger partial charge in [0.1, 0.15) is 5.75 Å². The number of alkyl halides is 3. The second-order valence-electron chi connectivity index (χ2n) is 3.61. The summed E-state index contributed by atoms with van der Waals surface area (Å²) in [5.41, 5.74) is 0.262. The summed E-state index contributed by atoms with van der Waals surface area (Å²) >= 11 is 0. The molecule has 6 heteroatoms. The number of hydrogen-bond acceptors (Lipinski definition) is 3. The largest absolute Gasteiger partial charge is 0.573 e. The lowest BCUT2D eigenvalue weighted by molar-refractivity contribution is -0.274. The quantitative estimate of drug-likeness (QED) is 0.781. The van der Waals surface area contributed by atoms with Gasteiger partial charge in [-0.25, -0.2) is 0 Å². The van der Waals surface area contributed by atoms with Gasteiger partial charge in [0.15, 0.2) is 5.76 Å². The Balaban J connectivity index is 2.10. The number of halogens is 3. The monoisotopic (exact) mass is 258 g/mol. The average molecular weight is 258 g/mol. The van der Waals surface area contributed by atoms with E-state index >= 15 is 0 Å². The molecular formula is C12H9F3O3. The molecule has 1 aromatic carbocycles. The molecule has 0 fully saturated rings. The maximum Gasteiger partial charge on any atom is 0.573 e. The van der Waals surface area contributed by atoms with Crippen LogP contribution in [0.5, 0.6) is 5.75 Å². The molecule has 3 nitrogen and oxygen atoms in total. The highest BCUT2D eigenvalue weighted by atomic mass is 19.4. The van der Waals surface area contributed by atoms with E-state index in [-0.39, 0.29) is 22.9 Å². The van der Waals surface area contributed by atoms with Gasteiger partial charge in [-0.2, -0.15) is 0 Å². The summed E-state index contributed by atoms with van der Waals surface area (Å²) in [6.45, 7) is 0.455. The Morgan fingerprint density at radius 2 is 1.89 bits per heavy atom. The van der Waals surface area contributed by atoms with Gasteiger partial charge in [-0.15, -0.1) is 13.2 Å². The lowest BCUT2D eigenvalue weighted by Gasteiger charge is -2.09. The molecule has 2 rings (SSSR count). The first-order valence-electron chi connectivity index (χ1n) is 5.19.